The molecule has 2 heterocycles. The maximum atomic E-state index is 11.8. The maximum Gasteiger partial charge on any atom is 0.419 e. The monoisotopic (exact) mass is 362 g/mol. The second-order valence-electron chi connectivity index (χ2n) is 6.87. The van der Waals surface area contributed by atoms with Gasteiger partial charge in [0.2, 0.25) is 0 Å². The molecule has 4 aromatic rings. The lowest BCUT2D eigenvalue weighted by Gasteiger charge is -2.13. The minimum Gasteiger partial charge on any atom is -0.493 e. The highest BCUT2D eigenvalue weighted by atomic mass is 16.5. The van der Waals surface area contributed by atoms with Crippen LogP contribution >= 0.6 is 0 Å². The van der Waals surface area contributed by atoms with Crippen LogP contribution in [0.2, 0.25) is 0 Å². The molecule has 1 aliphatic carbocycles. The molecule has 0 N–H and O–H groups in total. The maximum absolute atomic E-state index is 11.8. The average Bonchev–Trinajstić information content (AvgIpc) is 3.16. The lowest BCUT2D eigenvalue weighted by atomic mass is 10.0. The van der Waals surface area contributed by atoms with Crippen molar-refractivity contribution in [3.05, 3.63) is 51.5 Å². The molecule has 6 nitrogen and oxygen atoms in total. The number of aryl methyl sites for hydroxylation is 2. The van der Waals surface area contributed by atoms with Gasteiger partial charge in [-0.1, -0.05) is 0 Å². The normalized spacial score (nSPS) is 12.4. The van der Waals surface area contributed by atoms with Crippen LogP contribution in [0.1, 0.15) is 16.7 Å². The summed E-state index contributed by atoms with van der Waals surface area (Å²) < 4.78 is 17.8. The standard InChI is InChI=1S/C21H18N2O4/c1-10-12-7-18(25-3)19(26-4)9-15(12)22-20-13(10)5-11-6-16-17(8-14(11)20)27-21(24)23(16)2/h6-9H,5H2,1-4H3. The van der Waals surface area contributed by atoms with E-state index in [2.05, 4.69) is 6.92 Å². The second-order valence-corrected chi connectivity index (χ2v) is 6.87. The molecule has 0 bridgehead atoms. The first-order chi connectivity index (χ1) is 13.0. The van der Waals surface area contributed by atoms with Crippen LogP contribution in [0.5, 0.6) is 11.5 Å². The van der Waals surface area contributed by atoms with Gasteiger partial charge in [0, 0.05) is 30.5 Å². The third kappa shape index (κ3) is 2.07. The van der Waals surface area contributed by atoms with Crippen LogP contribution in [0.3, 0.4) is 0 Å². The fraction of sp³-hybridized carbons (Fsp3) is 0.238. The van der Waals surface area contributed by atoms with Gasteiger partial charge in [0.1, 0.15) is 0 Å². The number of benzene rings is 2. The highest BCUT2D eigenvalue weighted by Crippen LogP contribution is 2.43. The number of fused-ring (bicyclic) bond motifs is 5. The minimum absolute atomic E-state index is 0.353. The van der Waals surface area contributed by atoms with Gasteiger partial charge >= 0.3 is 5.76 Å². The van der Waals surface area contributed by atoms with Crippen LogP contribution in [-0.4, -0.2) is 23.8 Å². The van der Waals surface area contributed by atoms with Crippen LogP contribution in [0, 0.1) is 6.92 Å². The van der Waals surface area contributed by atoms with Crippen molar-refractivity contribution in [1.29, 1.82) is 0 Å². The van der Waals surface area contributed by atoms with Gasteiger partial charge in [0.25, 0.3) is 0 Å². The molecule has 2 aromatic carbocycles. The summed E-state index contributed by atoms with van der Waals surface area (Å²) in [5.41, 5.74) is 7.73. The van der Waals surface area contributed by atoms with Crippen molar-refractivity contribution in [1.82, 2.24) is 9.55 Å². The summed E-state index contributed by atoms with van der Waals surface area (Å²) in [6.45, 7) is 2.11. The molecule has 0 amide bonds. The van der Waals surface area contributed by atoms with E-state index < -0.39 is 0 Å². The molecular formula is C21H18N2O4. The number of oxazole rings is 1. The number of pyridine rings is 1. The van der Waals surface area contributed by atoms with Crippen molar-refractivity contribution >= 4 is 22.0 Å². The Balaban J connectivity index is 1.81. The molecule has 27 heavy (non-hydrogen) atoms. The lowest BCUT2D eigenvalue weighted by molar-refractivity contribution is 0.356. The number of nitrogens with zero attached hydrogens (tertiary/aromatic N) is 2. The Morgan fingerprint density at radius 1 is 1.11 bits per heavy atom. The van der Waals surface area contributed by atoms with Crippen molar-refractivity contribution in [3.63, 3.8) is 0 Å². The predicted molar refractivity (Wildman–Crippen MR) is 103 cm³/mol. The summed E-state index contributed by atoms with van der Waals surface area (Å²) in [5.74, 6) is 0.992. The zero-order chi connectivity index (χ0) is 18.9. The van der Waals surface area contributed by atoms with Crippen molar-refractivity contribution in [3.8, 4) is 22.8 Å². The smallest absolute Gasteiger partial charge is 0.419 e. The Bertz CT molecular complexity index is 1310. The molecule has 0 atom stereocenters. The highest BCUT2D eigenvalue weighted by Gasteiger charge is 2.26. The number of aromatic nitrogens is 2. The van der Waals surface area contributed by atoms with Crippen molar-refractivity contribution in [2.24, 2.45) is 7.05 Å². The first-order valence-corrected chi connectivity index (χ1v) is 8.70. The molecule has 0 fully saturated rings. The van der Waals surface area contributed by atoms with Gasteiger partial charge < -0.3 is 13.9 Å². The molecule has 0 aliphatic heterocycles. The van der Waals surface area contributed by atoms with E-state index in [4.69, 9.17) is 18.9 Å². The van der Waals surface area contributed by atoms with Crippen LogP contribution in [0.4, 0.5) is 0 Å². The summed E-state index contributed by atoms with van der Waals surface area (Å²) in [6, 6.07) is 7.84. The quantitative estimate of drug-likeness (QED) is 0.480. The van der Waals surface area contributed by atoms with E-state index in [0.717, 1.165) is 39.7 Å². The van der Waals surface area contributed by atoms with Crippen LogP contribution in [0.15, 0.2) is 33.5 Å². The summed E-state index contributed by atoms with van der Waals surface area (Å²) in [7, 11) is 4.97. The van der Waals surface area contributed by atoms with Gasteiger partial charge in [0.05, 0.1) is 30.9 Å². The number of hydrogen-bond acceptors (Lipinski definition) is 5. The zero-order valence-corrected chi connectivity index (χ0v) is 15.5. The predicted octanol–water partition coefficient (Wildman–Crippen LogP) is 3.58. The fourth-order valence-corrected chi connectivity index (χ4v) is 4.00. The molecule has 0 spiro atoms. The van der Waals surface area contributed by atoms with Gasteiger partial charge in [-0.3, -0.25) is 4.57 Å². The first-order valence-electron chi connectivity index (χ1n) is 8.70. The Morgan fingerprint density at radius 2 is 1.85 bits per heavy atom. The summed E-state index contributed by atoms with van der Waals surface area (Å²) in [4.78, 5) is 16.7. The van der Waals surface area contributed by atoms with E-state index in [0.29, 0.717) is 17.1 Å². The van der Waals surface area contributed by atoms with Gasteiger partial charge in [-0.15, -0.1) is 0 Å². The Kier molecular flexibility index (Phi) is 3.16. The SMILES string of the molecule is COc1cc2nc3c(c(C)c2cc1OC)Cc1cc2c(cc1-3)oc(=O)n2C. The Morgan fingerprint density at radius 3 is 2.59 bits per heavy atom. The first kappa shape index (κ1) is 15.9. The lowest BCUT2D eigenvalue weighted by Crippen LogP contribution is -2.08. The van der Waals surface area contributed by atoms with Crippen LogP contribution < -0.4 is 15.2 Å². The largest absolute Gasteiger partial charge is 0.493 e. The number of ether oxygens (including phenoxy) is 2. The molecule has 2 aromatic heterocycles. The molecule has 5 rings (SSSR count). The Hall–Kier alpha value is -3.28. The molecule has 1 aliphatic rings. The minimum atomic E-state index is -0.353. The van der Waals surface area contributed by atoms with Gasteiger partial charge in [-0.25, -0.2) is 9.78 Å². The van der Waals surface area contributed by atoms with E-state index in [1.54, 1.807) is 21.3 Å². The molecule has 0 saturated carbocycles. The highest BCUT2D eigenvalue weighted by molar-refractivity contribution is 5.94. The van der Waals surface area contributed by atoms with Crippen molar-refractivity contribution < 1.29 is 13.9 Å². The number of hydrogen-bond donors (Lipinski definition) is 0. The van der Waals surface area contributed by atoms with E-state index >= 15 is 0 Å². The van der Waals surface area contributed by atoms with E-state index in [1.807, 2.05) is 24.3 Å². The molecule has 0 radical (unpaired) electrons. The van der Waals surface area contributed by atoms with Gasteiger partial charge in [0.15, 0.2) is 17.1 Å². The third-order valence-electron chi connectivity index (χ3n) is 5.52. The Labute approximate surface area is 155 Å². The molecule has 6 heteroatoms. The zero-order valence-electron chi connectivity index (χ0n) is 15.5. The van der Waals surface area contributed by atoms with E-state index in [-0.39, 0.29) is 5.76 Å². The topological polar surface area (TPSA) is 66.5 Å². The van der Waals surface area contributed by atoms with Crippen LogP contribution in [0.25, 0.3) is 33.3 Å². The van der Waals surface area contributed by atoms with Gasteiger partial charge in [-0.05, 0) is 41.8 Å². The number of rotatable bonds is 2. The third-order valence-corrected chi connectivity index (χ3v) is 5.52. The molecular weight excluding hydrogens is 344 g/mol. The average molecular weight is 362 g/mol. The number of methoxy groups -OCH3 is 2. The summed E-state index contributed by atoms with van der Waals surface area (Å²) >= 11 is 0. The van der Waals surface area contributed by atoms with E-state index in [1.165, 1.54) is 15.7 Å². The molecule has 0 saturated heterocycles. The van der Waals surface area contributed by atoms with E-state index in [9.17, 15) is 4.79 Å². The van der Waals surface area contributed by atoms with Crippen molar-refractivity contribution in [2.75, 3.05) is 14.2 Å². The summed E-state index contributed by atoms with van der Waals surface area (Å²) in [5, 5.41) is 1.05. The molecule has 0 unspecified atom stereocenters. The van der Waals surface area contributed by atoms with Gasteiger partial charge in [-0.2, -0.15) is 0 Å². The second kappa shape index (κ2) is 5.36. The van der Waals surface area contributed by atoms with Crippen molar-refractivity contribution in [2.45, 2.75) is 13.3 Å². The van der Waals surface area contributed by atoms with Crippen LogP contribution in [-0.2, 0) is 13.5 Å². The fourth-order valence-electron chi connectivity index (χ4n) is 4.00. The summed E-state index contributed by atoms with van der Waals surface area (Å²) in [6.07, 6.45) is 0.781. The molecule has 136 valence electrons.